The van der Waals surface area contributed by atoms with Crippen molar-refractivity contribution < 1.29 is 31.4 Å². The molecule has 2 unspecified atom stereocenters. The maximum Gasteiger partial charge on any atom is 0.317 e. The van der Waals surface area contributed by atoms with Gasteiger partial charge in [-0.1, -0.05) is 45.4 Å². The largest absolute Gasteiger partial charge is 0.437 e. The summed E-state index contributed by atoms with van der Waals surface area (Å²) in [6.45, 7) is 24.6. The topological polar surface area (TPSA) is 86.6 Å². The molecule has 0 saturated heterocycles. The first kappa shape index (κ1) is 35.8. The van der Waals surface area contributed by atoms with E-state index in [0.717, 1.165) is 24.9 Å². The highest BCUT2D eigenvalue weighted by molar-refractivity contribution is 6.90. The molecule has 0 aromatic heterocycles. The molecule has 0 fully saturated rings. The average molecular weight is 587 g/mol. The van der Waals surface area contributed by atoms with Crippen molar-refractivity contribution in [2.75, 3.05) is 13.2 Å². The number of ether oxygens (including phenoxy) is 1. The highest BCUT2D eigenvalue weighted by Gasteiger charge is 2.48. The van der Waals surface area contributed by atoms with Crippen molar-refractivity contribution in [2.24, 2.45) is 0 Å². The Morgan fingerprint density at radius 1 is 0.571 bits per heavy atom. The fraction of sp³-hybridized carbons (Fsp3) is 1.00. The van der Waals surface area contributed by atoms with E-state index in [2.05, 4.69) is 72.4 Å². The molecule has 0 saturated carbocycles. The minimum absolute atomic E-state index is 0.0740. The molecule has 12 heteroatoms. The molecule has 0 heterocycles. The van der Waals surface area contributed by atoms with E-state index in [-0.39, 0.29) is 6.61 Å². The van der Waals surface area contributed by atoms with E-state index in [1.54, 1.807) is 0 Å². The highest BCUT2D eigenvalue weighted by Crippen LogP contribution is 2.32. The molecule has 0 amide bonds. The zero-order valence-corrected chi connectivity index (χ0v) is 29.8. The fourth-order valence-corrected chi connectivity index (χ4v) is 28.4. The summed E-state index contributed by atoms with van der Waals surface area (Å²) in [5.41, 5.74) is 0. The first-order valence-corrected chi connectivity index (χ1v) is 28.2. The van der Waals surface area contributed by atoms with Gasteiger partial charge in [-0.25, -0.2) is 0 Å². The van der Waals surface area contributed by atoms with Gasteiger partial charge in [-0.15, -0.1) is 0 Å². The minimum Gasteiger partial charge on any atom is -0.437 e. The average Bonchev–Trinajstić information content (AvgIpc) is 2.59. The first-order valence-electron chi connectivity index (χ1n) is 13.5. The highest BCUT2D eigenvalue weighted by atomic mass is 28.5. The molecule has 0 bridgehead atoms. The summed E-state index contributed by atoms with van der Waals surface area (Å²) in [5, 5.41) is 18.1. The monoisotopic (exact) mass is 586 g/mol. The Bertz CT molecular complexity index is 569. The summed E-state index contributed by atoms with van der Waals surface area (Å²) >= 11 is 0. The number of aliphatic hydroxyl groups excluding tert-OH is 1. The lowest BCUT2D eigenvalue weighted by atomic mass is 10.1. The van der Waals surface area contributed by atoms with Gasteiger partial charge in [0.15, 0.2) is 22.9 Å². The number of hydrogen-bond acceptors (Lipinski definition) is 7. The van der Waals surface area contributed by atoms with E-state index in [1.165, 1.54) is 32.1 Å². The first-order chi connectivity index (χ1) is 15.8. The lowest BCUT2D eigenvalue weighted by Gasteiger charge is -2.44. The maximum absolute atomic E-state index is 9.04. The third-order valence-electron chi connectivity index (χ3n) is 5.14. The molecule has 0 rings (SSSR count). The molecule has 0 radical (unpaired) electrons. The zero-order chi connectivity index (χ0) is 27.4. The molecule has 0 aromatic carbocycles. The minimum atomic E-state index is -2.58. The summed E-state index contributed by atoms with van der Waals surface area (Å²) in [7, 11) is -11.1. The van der Waals surface area contributed by atoms with Crippen LogP contribution < -0.4 is 0 Å². The van der Waals surface area contributed by atoms with Gasteiger partial charge in [-0.2, -0.15) is 0 Å². The van der Waals surface area contributed by atoms with Crippen molar-refractivity contribution in [1.29, 1.82) is 0 Å². The Balaban J connectivity index is 5.57. The van der Waals surface area contributed by atoms with Gasteiger partial charge in [0.25, 0.3) is 0 Å². The van der Waals surface area contributed by atoms with E-state index in [0.29, 0.717) is 6.61 Å². The van der Waals surface area contributed by atoms with Gasteiger partial charge in [-0.05, 0) is 84.0 Å². The number of aliphatic hydroxyl groups is 2. The second-order valence-electron chi connectivity index (χ2n) is 12.5. The van der Waals surface area contributed by atoms with Gasteiger partial charge >= 0.3 is 25.7 Å². The second-order valence-corrected chi connectivity index (χ2v) is 32.5. The third kappa shape index (κ3) is 20.4. The Hall–Kier alpha value is 0.804. The van der Waals surface area contributed by atoms with Crippen molar-refractivity contribution in [3.63, 3.8) is 0 Å². The molecule has 2 atom stereocenters. The molecule has 2 N–H and O–H groups in total. The molecule has 212 valence electrons. The molecule has 0 aromatic rings. The molecule has 0 aliphatic carbocycles. The smallest absolute Gasteiger partial charge is 0.317 e. The summed E-state index contributed by atoms with van der Waals surface area (Å²) in [6.07, 6.45) is 6.75. The van der Waals surface area contributed by atoms with Crippen LogP contribution in [-0.4, -0.2) is 72.0 Å². The number of unbranched alkanes of at least 4 members (excludes halogenated alkanes) is 5. The van der Waals surface area contributed by atoms with Crippen LogP contribution in [0.25, 0.3) is 0 Å². The molecule has 0 aliphatic heterocycles. The Kier molecular flexibility index (Phi) is 16.4. The van der Waals surface area contributed by atoms with Gasteiger partial charge < -0.3 is 31.4 Å². The molecular formula is C23H58O7Si5. The van der Waals surface area contributed by atoms with E-state index in [1.807, 2.05) is 0 Å². The zero-order valence-electron chi connectivity index (χ0n) is 24.8. The number of rotatable bonds is 21. The van der Waals surface area contributed by atoms with Crippen LogP contribution in [-0.2, 0) is 21.2 Å². The van der Waals surface area contributed by atoms with Gasteiger partial charge in [0.2, 0.25) is 0 Å². The van der Waals surface area contributed by atoms with E-state index in [4.69, 9.17) is 31.4 Å². The van der Waals surface area contributed by atoms with E-state index < -0.39 is 48.6 Å². The van der Waals surface area contributed by atoms with Crippen LogP contribution in [0.4, 0.5) is 0 Å². The predicted octanol–water partition coefficient (Wildman–Crippen LogP) is 6.65. The van der Waals surface area contributed by atoms with E-state index in [9.17, 15) is 0 Å². The van der Waals surface area contributed by atoms with Gasteiger partial charge in [-0.3, -0.25) is 0 Å². The molecule has 0 aliphatic rings. The predicted molar refractivity (Wildman–Crippen MR) is 158 cm³/mol. The van der Waals surface area contributed by atoms with Crippen LogP contribution in [0.2, 0.25) is 77.6 Å². The van der Waals surface area contributed by atoms with Crippen LogP contribution in [0.3, 0.4) is 0 Å². The van der Waals surface area contributed by atoms with Crippen LogP contribution in [0.15, 0.2) is 0 Å². The van der Waals surface area contributed by atoms with Crippen molar-refractivity contribution in [3.05, 3.63) is 0 Å². The van der Waals surface area contributed by atoms with E-state index >= 15 is 0 Å². The lowest BCUT2D eigenvalue weighted by Crippen LogP contribution is -2.60. The van der Waals surface area contributed by atoms with Crippen molar-refractivity contribution in [1.82, 2.24) is 0 Å². The Morgan fingerprint density at radius 2 is 1.06 bits per heavy atom. The van der Waals surface area contributed by atoms with Crippen molar-refractivity contribution >= 4 is 42.3 Å². The van der Waals surface area contributed by atoms with Gasteiger partial charge in [0.05, 0.1) is 6.61 Å². The lowest BCUT2D eigenvalue weighted by molar-refractivity contribution is -0.0945. The van der Waals surface area contributed by atoms with Crippen LogP contribution in [0.1, 0.15) is 51.9 Å². The second kappa shape index (κ2) is 16.0. The molecule has 7 nitrogen and oxygen atoms in total. The quantitative estimate of drug-likeness (QED) is 0.0885. The summed E-state index contributed by atoms with van der Waals surface area (Å²) < 4.78 is 32.7. The molecule has 0 spiro atoms. The standard InChI is InChI=1S/C23H58O7Si5/c1-12-13-14-15-16-17-20-35(11,29-33(8,9)27-31(2,3)4)30-34(10,28-32(5,6)7)21-18-19-26-22-23(24)25/h23-25H,12-22H2,1-11H3. The summed E-state index contributed by atoms with van der Waals surface area (Å²) in [5.74, 6) is 0. The molecule has 35 heavy (non-hydrogen) atoms. The van der Waals surface area contributed by atoms with Gasteiger partial charge in [0, 0.05) is 6.61 Å². The van der Waals surface area contributed by atoms with Crippen molar-refractivity contribution in [2.45, 2.75) is 136 Å². The van der Waals surface area contributed by atoms with Gasteiger partial charge in [0.1, 0.15) is 0 Å². The normalized spacial score (nSPS) is 17.0. The Labute approximate surface area is 222 Å². The fourth-order valence-electron chi connectivity index (χ4n) is 4.54. The molecular weight excluding hydrogens is 529 g/mol. The summed E-state index contributed by atoms with van der Waals surface area (Å²) in [4.78, 5) is 0. The maximum atomic E-state index is 9.04. The number of hydrogen-bond donors (Lipinski definition) is 2. The van der Waals surface area contributed by atoms with Crippen LogP contribution in [0, 0.1) is 0 Å². The Morgan fingerprint density at radius 3 is 1.57 bits per heavy atom. The summed E-state index contributed by atoms with van der Waals surface area (Å²) in [6, 6.07) is 1.74. The SMILES string of the molecule is CCCCCCCC[Si](C)(O[Si](C)(C)O[Si](C)(C)C)O[Si](C)(CCCOCC(O)O)O[Si](C)(C)C. The van der Waals surface area contributed by atoms with Crippen LogP contribution >= 0.6 is 0 Å². The van der Waals surface area contributed by atoms with Crippen LogP contribution in [0.5, 0.6) is 0 Å². The van der Waals surface area contributed by atoms with Crippen molar-refractivity contribution in [3.8, 4) is 0 Å². The third-order valence-corrected chi connectivity index (χ3v) is 23.4.